The molecule has 0 heterocycles. The van der Waals surface area contributed by atoms with E-state index < -0.39 is 5.97 Å². The summed E-state index contributed by atoms with van der Waals surface area (Å²) in [6.07, 6.45) is 17.9. The molecule has 1 atom stereocenters. The molecule has 0 spiro atoms. The van der Waals surface area contributed by atoms with Gasteiger partial charge in [0.1, 0.15) is 6.10 Å². The van der Waals surface area contributed by atoms with Gasteiger partial charge in [0.05, 0.1) is 0 Å². The van der Waals surface area contributed by atoms with Gasteiger partial charge in [-0.25, -0.2) is 0 Å². The van der Waals surface area contributed by atoms with E-state index in [-0.39, 0.29) is 18.5 Å². The van der Waals surface area contributed by atoms with E-state index in [1.165, 1.54) is 38.5 Å². The van der Waals surface area contributed by atoms with Crippen LogP contribution in [0.1, 0.15) is 104 Å². The minimum Gasteiger partial charge on any atom is -0.481 e. The zero-order valence-corrected chi connectivity index (χ0v) is 16.3. The third-order valence-electron chi connectivity index (χ3n) is 4.28. The molecule has 0 aliphatic carbocycles. The van der Waals surface area contributed by atoms with Crippen molar-refractivity contribution in [1.82, 2.24) is 0 Å². The van der Waals surface area contributed by atoms with Crippen LogP contribution in [-0.2, 0) is 14.3 Å². The second kappa shape index (κ2) is 17.5. The van der Waals surface area contributed by atoms with Crippen molar-refractivity contribution in [2.45, 2.75) is 110 Å². The standard InChI is InChI=1S/C21H38O4/c1-3-5-6-7-8-9-10-13-16-19(25-21(24)4-2)17-14-11-12-15-18-20(22)23/h13,16,19H,3-12,14-15,17-18H2,1-2H3,(H,22,23). The average Bonchev–Trinajstić information content (AvgIpc) is 2.59. The Morgan fingerprint density at radius 1 is 0.920 bits per heavy atom. The number of allylic oxidation sites excluding steroid dienone is 1. The molecule has 0 radical (unpaired) electrons. The van der Waals surface area contributed by atoms with Crippen LogP contribution in [0.3, 0.4) is 0 Å². The fraction of sp³-hybridized carbons (Fsp3) is 0.810. The van der Waals surface area contributed by atoms with Gasteiger partial charge in [0, 0.05) is 12.8 Å². The molecule has 0 bridgehead atoms. The molecule has 0 aromatic heterocycles. The highest BCUT2D eigenvalue weighted by molar-refractivity contribution is 5.69. The molecule has 4 heteroatoms. The van der Waals surface area contributed by atoms with Crippen LogP contribution in [0.4, 0.5) is 0 Å². The maximum Gasteiger partial charge on any atom is 0.306 e. The molecule has 0 rings (SSSR count). The van der Waals surface area contributed by atoms with Crippen LogP contribution >= 0.6 is 0 Å². The molecule has 0 aromatic carbocycles. The van der Waals surface area contributed by atoms with E-state index in [4.69, 9.17) is 9.84 Å². The van der Waals surface area contributed by atoms with Crippen LogP contribution in [0.25, 0.3) is 0 Å². The summed E-state index contributed by atoms with van der Waals surface area (Å²) in [5.74, 6) is -0.882. The molecule has 0 aliphatic heterocycles. The van der Waals surface area contributed by atoms with Gasteiger partial charge in [-0.3, -0.25) is 9.59 Å². The third kappa shape index (κ3) is 17.3. The summed E-state index contributed by atoms with van der Waals surface area (Å²) in [6.45, 7) is 4.04. The number of hydrogen-bond donors (Lipinski definition) is 1. The van der Waals surface area contributed by atoms with E-state index >= 15 is 0 Å². The molecule has 1 N–H and O–H groups in total. The lowest BCUT2D eigenvalue weighted by molar-refractivity contribution is -0.146. The average molecular weight is 355 g/mol. The van der Waals surface area contributed by atoms with Crippen molar-refractivity contribution in [3.8, 4) is 0 Å². The summed E-state index contributed by atoms with van der Waals surface area (Å²) >= 11 is 0. The summed E-state index contributed by atoms with van der Waals surface area (Å²) < 4.78 is 5.48. The highest BCUT2D eigenvalue weighted by Gasteiger charge is 2.09. The summed E-state index contributed by atoms with van der Waals surface area (Å²) in [7, 11) is 0. The number of hydrogen-bond acceptors (Lipinski definition) is 3. The number of esters is 1. The molecule has 146 valence electrons. The van der Waals surface area contributed by atoms with E-state index in [9.17, 15) is 9.59 Å². The Balaban J connectivity index is 3.93. The summed E-state index contributed by atoms with van der Waals surface area (Å²) in [5.41, 5.74) is 0. The molecule has 25 heavy (non-hydrogen) atoms. The highest BCUT2D eigenvalue weighted by Crippen LogP contribution is 2.13. The van der Waals surface area contributed by atoms with Crippen LogP contribution in [0, 0.1) is 0 Å². The maximum absolute atomic E-state index is 11.5. The van der Waals surface area contributed by atoms with Crippen molar-refractivity contribution < 1.29 is 19.4 Å². The number of aliphatic carboxylic acids is 1. The molecular weight excluding hydrogens is 316 g/mol. The summed E-state index contributed by atoms with van der Waals surface area (Å²) in [4.78, 5) is 22.0. The number of carboxylic acids is 1. The lowest BCUT2D eigenvalue weighted by Gasteiger charge is -2.14. The largest absolute Gasteiger partial charge is 0.481 e. The van der Waals surface area contributed by atoms with Crippen LogP contribution in [0.5, 0.6) is 0 Å². The van der Waals surface area contributed by atoms with E-state index in [0.29, 0.717) is 6.42 Å². The van der Waals surface area contributed by atoms with Crippen molar-refractivity contribution in [2.24, 2.45) is 0 Å². The number of rotatable bonds is 17. The molecular formula is C21H38O4. The van der Waals surface area contributed by atoms with Gasteiger partial charge < -0.3 is 9.84 Å². The van der Waals surface area contributed by atoms with Crippen LogP contribution in [0.15, 0.2) is 12.2 Å². The minimum absolute atomic E-state index is 0.132. The molecule has 0 amide bonds. The van der Waals surface area contributed by atoms with E-state index in [1.807, 2.05) is 13.0 Å². The quantitative estimate of drug-likeness (QED) is 0.196. The van der Waals surface area contributed by atoms with Crippen LogP contribution in [-0.4, -0.2) is 23.1 Å². The SMILES string of the molecule is CCCCCCCCC=CC(CCCCCCC(=O)O)OC(=O)CC. The van der Waals surface area contributed by atoms with Gasteiger partial charge in [0.25, 0.3) is 0 Å². The van der Waals surface area contributed by atoms with E-state index in [2.05, 4.69) is 13.0 Å². The fourth-order valence-corrected chi connectivity index (χ4v) is 2.71. The number of ether oxygens (including phenoxy) is 1. The smallest absolute Gasteiger partial charge is 0.306 e. The van der Waals surface area contributed by atoms with Gasteiger partial charge in [-0.05, 0) is 38.2 Å². The zero-order valence-electron chi connectivity index (χ0n) is 16.3. The number of carboxylic acid groups (broad SMARTS) is 1. The zero-order chi connectivity index (χ0) is 18.8. The Morgan fingerprint density at radius 3 is 2.24 bits per heavy atom. The Kier molecular flexibility index (Phi) is 16.6. The van der Waals surface area contributed by atoms with Gasteiger partial charge in [-0.15, -0.1) is 0 Å². The highest BCUT2D eigenvalue weighted by atomic mass is 16.5. The number of unbranched alkanes of at least 4 members (excludes halogenated alkanes) is 9. The van der Waals surface area contributed by atoms with Crippen molar-refractivity contribution in [1.29, 1.82) is 0 Å². The lowest BCUT2D eigenvalue weighted by atomic mass is 10.1. The van der Waals surface area contributed by atoms with Crippen LogP contribution < -0.4 is 0 Å². The van der Waals surface area contributed by atoms with E-state index in [1.54, 1.807) is 0 Å². The molecule has 0 fully saturated rings. The van der Waals surface area contributed by atoms with Crippen LogP contribution in [0.2, 0.25) is 0 Å². The Hall–Kier alpha value is -1.32. The minimum atomic E-state index is -0.729. The number of carbonyl (C=O) groups is 2. The third-order valence-corrected chi connectivity index (χ3v) is 4.28. The normalized spacial score (nSPS) is 12.4. The first-order chi connectivity index (χ1) is 12.1. The second-order valence-electron chi connectivity index (χ2n) is 6.71. The van der Waals surface area contributed by atoms with Gasteiger partial charge in [-0.1, -0.05) is 64.9 Å². The maximum atomic E-state index is 11.5. The fourth-order valence-electron chi connectivity index (χ4n) is 2.71. The topological polar surface area (TPSA) is 63.6 Å². The first-order valence-electron chi connectivity index (χ1n) is 10.2. The van der Waals surface area contributed by atoms with Crippen molar-refractivity contribution in [3.63, 3.8) is 0 Å². The van der Waals surface area contributed by atoms with Crippen molar-refractivity contribution >= 4 is 11.9 Å². The Morgan fingerprint density at radius 2 is 1.56 bits per heavy atom. The molecule has 4 nitrogen and oxygen atoms in total. The predicted molar refractivity (Wildman–Crippen MR) is 103 cm³/mol. The lowest BCUT2D eigenvalue weighted by Crippen LogP contribution is -2.15. The van der Waals surface area contributed by atoms with Gasteiger partial charge in [0.15, 0.2) is 0 Å². The molecule has 1 unspecified atom stereocenters. The Labute approximate surface area is 154 Å². The molecule has 0 aromatic rings. The van der Waals surface area contributed by atoms with Gasteiger partial charge >= 0.3 is 11.9 Å². The molecule has 0 aliphatic rings. The van der Waals surface area contributed by atoms with Gasteiger partial charge in [0.2, 0.25) is 0 Å². The Bertz CT molecular complexity index is 363. The van der Waals surface area contributed by atoms with Crippen molar-refractivity contribution in [2.75, 3.05) is 0 Å². The first-order valence-corrected chi connectivity index (χ1v) is 10.2. The molecule has 0 saturated carbocycles. The van der Waals surface area contributed by atoms with Crippen molar-refractivity contribution in [3.05, 3.63) is 12.2 Å². The first kappa shape index (κ1) is 23.7. The molecule has 0 saturated heterocycles. The second-order valence-corrected chi connectivity index (χ2v) is 6.71. The summed E-state index contributed by atoms with van der Waals surface area (Å²) in [5, 5.41) is 8.62. The summed E-state index contributed by atoms with van der Waals surface area (Å²) in [6, 6.07) is 0. The van der Waals surface area contributed by atoms with E-state index in [0.717, 1.165) is 38.5 Å². The predicted octanol–water partition coefficient (Wildman–Crippen LogP) is 6.04. The monoisotopic (exact) mass is 354 g/mol. The van der Waals surface area contributed by atoms with Gasteiger partial charge in [-0.2, -0.15) is 0 Å². The number of carbonyl (C=O) groups excluding carboxylic acids is 1.